The highest BCUT2D eigenvalue weighted by molar-refractivity contribution is 7.80. The second-order valence-electron chi connectivity index (χ2n) is 23.6. The highest BCUT2D eigenvalue weighted by Crippen LogP contribution is 2.39. The van der Waals surface area contributed by atoms with Gasteiger partial charge < -0.3 is 67.2 Å². The number of piperidine rings is 1. The molecule has 1 aliphatic carbocycles. The fourth-order valence-corrected chi connectivity index (χ4v) is 12.3. The molecule has 3 aliphatic heterocycles. The van der Waals surface area contributed by atoms with Gasteiger partial charge >= 0.3 is 5.97 Å². The zero-order chi connectivity index (χ0) is 61.1. The predicted octanol–water partition coefficient (Wildman–Crippen LogP) is 8.84. The standard InChI is InChI=1S/C64H105NO17S/c1-13-76-30-31-78-34-35-79-33-32-77-29-19-23-57(83)80-52-27-25-49(39-56(52)74-11)38-45(5)55-41-54(73-10)44(4)37-47(7)59(67)60(75-12)58(66)46(6)36-42(2)20-15-14-16-21-43(3)53(72-9)40-50-26-24-48(8)64(71,82-50)61(68)62(69)65-28-18-17-22-51(65)63(70)81-55/h14-16,20-21,37,42,44-46,48-56,59-60,67,71H,13,17-19,22-36,38-41H2,1-12H3/b16-14+,20-15+,43-21+,47-37+/t42-,44-,45-,46-,48-,49+,50+,51+,52-,53+,54-,55+,56-,59-,60+,64-/m1/s1. The summed E-state index contributed by atoms with van der Waals surface area (Å²) < 4.78 is 65.1. The molecule has 0 aromatic heterocycles. The molecule has 19 heteroatoms. The van der Waals surface area contributed by atoms with Gasteiger partial charge in [-0.05, 0) is 133 Å². The third-order valence-corrected chi connectivity index (χ3v) is 17.5. The third-order valence-electron chi connectivity index (χ3n) is 17.2. The number of cyclic esters (lactones) is 1. The van der Waals surface area contributed by atoms with Crippen molar-refractivity contribution in [3.8, 4) is 0 Å². The summed E-state index contributed by atoms with van der Waals surface area (Å²) in [6.45, 7) is 19.6. The van der Waals surface area contributed by atoms with Crippen molar-refractivity contribution in [2.45, 2.75) is 206 Å². The minimum atomic E-state index is -2.42. The van der Waals surface area contributed by atoms with Gasteiger partial charge in [0.05, 0.1) is 64.1 Å². The lowest BCUT2D eigenvalue weighted by molar-refractivity contribution is -0.265. The number of amides is 1. The number of allylic oxidation sites excluding steroid dienone is 5. The maximum absolute atomic E-state index is 14.8. The molecule has 3 fully saturated rings. The van der Waals surface area contributed by atoms with Crippen molar-refractivity contribution >= 4 is 40.7 Å². The number of aliphatic hydroxyl groups is 2. The number of fused-ring (bicyclic) bond motifs is 3. The molecule has 4 aliphatic rings. The Bertz CT molecular complexity index is 2100. The van der Waals surface area contributed by atoms with E-state index in [1.807, 2.05) is 78.0 Å². The number of Topliss-reactive ketones (excluding diaryl/α,β-unsaturated/α-hetero) is 2. The van der Waals surface area contributed by atoms with Gasteiger partial charge in [0, 0.05) is 85.2 Å². The van der Waals surface area contributed by atoms with Crippen LogP contribution in [0, 0.1) is 35.5 Å². The number of aliphatic hydroxyl groups excluding tert-OH is 1. The van der Waals surface area contributed by atoms with Gasteiger partial charge in [0.15, 0.2) is 10.8 Å². The summed E-state index contributed by atoms with van der Waals surface area (Å²) in [6.07, 6.45) is 14.1. The van der Waals surface area contributed by atoms with Crippen molar-refractivity contribution < 1.29 is 81.5 Å². The number of ether oxygens (including phenoxy) is 11. The van der Waals surface area contributed by atoms with Crippen LogP contribution in [0.5, 0.6) is 0 Å². The van der Waals surface area contributed by atoms with Crippen molar-refractivity contribution in [1.29, 1.82) is 0 Å². The van der Waals surface area contributed by atoms with Crippen LogP contribution in [0.4, 0.5) is 0 Å². The lowest BCUT2D eigenvalue weighted by Gasteiger charge is -2.43. The number of carbonyl (C=O) groups excluding carboxylic acids is 4. The Morgan fingerprint density at radius 1 is 0.759 bits per heavy atom. The lowest BCUT2D eigenvalue weighted by Crippen LogP contribution is -2.61. The smallest absolute Gasteiger partial charge is 0.329 e. The molecule has 3 heterocycles. The van der Waals surface area contributed by atoms with Crippen LogP contribution in [0.3, 0.4) is 0 Å². The summed E-state index contributed by atoms with van der Waals surface area (Å²) in [4.78, 5) is 59.0. The topological polar surface area (TPSA) is 214 Å². The van der Waals surface area contributed by atoms with Crippen molar-refractivity contribution in [1.82, 2.24) is 4.90 Å². The van der Waals surface area contributed by atoms with Gasteiger partial charge in [-0.1, -0.05) is 71.1 Å². The zero-order valence-corrected chi connectivity index (χ0v) is 53.1. The predicted molar refractivity (Wildman–Crippen MR) is 321 cm³/mol. The van der Waals surface area contributed by atoms with E-state index in [0.29, 0.717) is 134 Å². The van der Waals surface area contributed by atoms with Crippen LogP contribution in [0.15, 0.2) is 47.6 Å². The molecular weight excluding hydrogens is 1090 g/mol. The zero-order valence-electron chi connectivity index (χ0n) is 52.3. The quantitative estimate of drug-likeness (QED) is 0.0340. The number of carbonyl (C=O) groups is 4. The molecule has 2 N–H and O–H groups in total. The molecule has 1 amide bonds. The fourth-order valence-electron chi connectivity index (χ4n) is 12.0. The Morgan fingerprint density at radius 3 is 2.08 bits per heavy atom. The van der Waals surface area contributed by atoms with E-state index in [0.717, 1.165) is 12.0 Å². The molecule has 0 unspecified atom stereocenters. The summed E-state index contributed by atoms with van der Waals surface area (Å²) >= 11 is 5.69. The SMILES string of the molecule is CCOCCOCCOCCOCCCC(=S)O[C@@H]1CC[C@@H](C[C@@H](C)[C@@H]2C[C@@H](OC)[C@H](C)/C=C(\C)[C@@H](O)[C@@H](OC)C(=O)[C@H](C)C[C@H](C)/C=C/C=C/C=C(\C)[C@@H](OC)C[C@@H]3CC[C@@H](C)[C@@](O)(O3)C(=O)C(=O)N3CCCC[C@H]3C(=O)O2)C[C@H]1OC. The third kappa shape index (κ3) is 23.1. The second kappa shape index (κ2) is 38.1. The van der Waals surface area contributed by atoms with Crippen LogP contribution in [0.25, 0.3) is 0 Å². The van der Waals surface area contributed by atoms with E-state index in [4.69, 9.17) is 64.3 Å². The molecule has 2 saturated heterocycles. The van der Waals surface area contributed by atoms with Crippen LogP contribution >= 0.6 is 12.2 Å². The van der Waals surface area contributed by atoms with Gasteiger partial charge in [-0.2, -0.15) is 0 Å². The first-order chi connectivity index (χ1) is 39.7. The van der Waals surface area contributed by atoms with E-state index in [9.17, 15) is 29.4 Å². The van der Waals surface area contributed by atoms with Crippen LogP contribution in [0.2, 0.25) is 0 Å². The summed E-state index contributed by atoms with van der Waals surface area (Å²) in [5, 5.41) is 24.4. The number of rotatable bonds is 22. The Balaban J connectivity index is 1.55. The first kappa shape index (κ1) is 72.2. The number of hydrogen-bond donors (Lipinski definition) is 2. The number of nitrogens with zero attached hydrogens (tertiary/aromatic N) is 1. The Labute approximate surface area is 502 Å². The van der Waals surface area contributed by atoms with Crippen molar-refractivity contribution in [2.75, 3.05) is 87.8 Å². The average Bonchev–Trinajstić information content (AvgIpc) is 3.66. The van der Waals surface area contributed by atoms with Gasteiger partial charge in [-0.15, -0.1) is 0 Å². The van der Waals surface area contributed by atoms with E-state index >= 15 is 0 Å². The Morgan fingerprint density at radius 2 is 1.43 bits per heavy atom. The number of methoxy groups -OCH3 is 4. The maximum atomic E-state index is 14.8. The highest BCUT2D eigenvalue weighted by Gasteiger charge is 2.53. The lowest BCUT2D eigenvalue weighted by atomic mass is 9.78. The first-order valence-electron chi connectivity index (χ1n) is 30.7. The van der Waals surface area contributed by atoms with E-state index in [-0.39, 0.29) is 61.0 Å². The molecule has 0 spiro atoms. The van der Waals surface area contributed by atoms with Crippen LogP contribution < -0.4 is 0 Å². The van der Waals surface area contributed by atoms with Gasteiger partial charge in [-0.25, -0.2) is 4.79 Å². The molecule has 16 atom stereocenters. The molecule has 4 rings (SSSR count). The van der Waals surface area contributed by atoms with E-state index in [2.05, 4.69) is 0 Å². The van der Waals surface area contributed by atoms with Crippen molar-refractivity contribution in [3.63, 3.8) is 0 Å². The van der Waals surface area contributed by atoms with Crippen LogP contribution in [0.1, 0.15) is 145 Å². The normalized spacial score (nSPS) is 35.0. The molecule has 0 radical (unpaired) electrons. The molecule has 474 valence electrons. The highest BCUT2D eigenvalue weighted by atomic mass is 32.1. The molecule has 0 aromatic rings. The molecule has 2 bridgehead atoms. The first-order valence-corrected chi connectivity index (χ1v) is 31.1. The van der Waals surface area contributed by atoms with E-state index in [1.54, 1.807) is 35.2 Å². The second-order valence-corrected chi connectivity index (χ2v) is 24.1. The summed E-state index contributed by atoms with van der Waals surface area (Å²) in [5.41, 5.74) is 1.42. The summed E-state index contributed by atoms with van der Waals surface area (Å²) in [7, 11) is 6.30. The van der Waals surface area contributed by atoms with E-state index in [1.165, 1.54) is 12.0 Å². The molecule has 0 aromatic carbocycles. The number of ketones is 2. The van der Waals surface area contributed by atoms with Crippen LogP contribution in [-0.4, -0.2) is 192 Å². The van der Waals surface area contributed by atoms with Gasteiger partial charge in [0.2, 0.25) is 5.79 Å². The molecule has 83 heavy (non-hydrogen) atoms. The number of hydrogen-bond acceptors (Lipinski definition) is 18. The van der Waals surface area contributed by atoms with Gasteiger partial charge in [0.1, 0.15) is 30.5 Å². The number of esters is 1. The monoisotopic (exact) mass is 1190 g/mol. The molecule has 18 nitrogen and oxygen atoms in total. The van der Waals surface area contributed by atoms with Gasteiger partial charge in [-0.3, -0.25) is 14.4 Å². The average molecular weight is 1190 g/mol. The van der Waals surface area contributed by atoms with E-state index < -0.39 is 77.9 Å². The minimum Gasteiger partial charge on any atom is -0.481 e. The molecular formula is C64H105NO17S. The molecule has 1 saturated carbocycles. The van der Waals surface area contributed by atoms with Gasteiger partial charge in [0.25, 0.3) is 11.7 Å². The van der Waals surface area contributed by atoms with Crippen molar-refractivity contribution in [2.24, 2.45) is 35.5 Å². The van der Waals surface area contributed by atoms with Crippen molar-refractivity contribution in [3.05, 3.63) is 47.6 Å². The Hall–Kier alpha value is -3.31. The Kier molecular flexibility index (Phi) is 33.1. The summed E-state index contributed by atoms with van der Waals surface area (Å²) in [6, 6.07) is -1.09. The van der Waals surface area contributed by atoms with Crippen LogP contribution in [-0.2, 0) is 71.3 Å². The number of thiocarbonyl (C=S) groups is 1. The fraction of sp³-hybridized carbons (Fsp3) is 0.797. The summed E-state index contributed by atoms with van der Waals surface area (Å²) in [5.74, 6) is -6.85. The maximum Gasteiger partial charge on any atom is 0.329 e. The minimum absolute atomic E-state index is 0.0336. The largest absolute Gasteiger partial charge is 0.481 e.